The fourth-order valence-electron chi connectivity index (χ4n) is 2.37. The van der Waals surface area contributed by atoms with E-state index in [0.29, 0.717) is 18.7 Å². The number of halogens is 3. The average Bonchev–Trinajstić information content (AvgIpc) is 2.42. The largest absolute Gasteiger partial charge is 0.343 e. The minimum absolute atomic E-state index is 0.0612. The molecule has 1 fully saturated rings. The number of nitrogens with one attached hydrogen (secondary N) is 1. The van der Waals surface area contributed by atoms with Gasteiger partial charge >= 0.3 is 0 Å². The summed E-state index contributed by atoms with van der Waals surface area (Å²) in [5.41, 5.74) is 0.371. The van der Waals surface area contributed by atoms with E-state index in [9.17, 15) is 18.0 Å². The lowest BCUT2D eigenvalue weighted by atomic mass is 10.0. The van der Waals surface area contributed by atoms with E-state index in [4.69, 9.17) is 0 Å². The van der Waals surface area contributed by atoms with E-state index in [1.54, 1.807) is 4.90 Å². The summed E-state index contributed by atoms with van der Waals surface area (Å²) in [5.74, 6) is -3.73. The van der Waals surface area contributed by atoms with Crippen molar-refractivity contribution < 1.29 is 18.0 Å². The van der Waals surface area contributed by atoms with Crippen LogP contribution >= 0.6 is 0 Å². The molecule has 1 aliphatic heterocycles. The minimum Gasteiger partial charge on any atom is -0.343 e. The summed E-state index contributed by atoms with van der Waals surface area (Å²) in [6.45, 7) is 3.18. The summed E-state index contributed by atoms with van der Waals surface area (Å²) in [7, 11) is 0. The third-order valence-electron chi connectivity index (χ3n) is 3.58. The number of nitrogens with zero attached hydrogens (tertiary/aromatic N) is 1. The third kappa shape index (κ3) is 3.50. The van der Waals surface area contributed by atoms with Gasteiger partial charge in [-0.25, -0.2) is 13.2 Å². The second kappa shape index (κ2) is 6.26. The number of piperidine rings is 1. The maximum absolute atomic E-state index is 13.1. The molecule has 1 saturated heterocycles. The molecule has 1 aliphatic rings. The molecule has 0 saturated carbocycles. The molecule has 0 unspecified atom stereocenters. The first-order valence-corrected chi connectivity index (χ1v) is 6.59. The molecular weight excluding hydrogens is 269 g/mol. The zero-order valence-electron chi connectivity index (χ0n) is 11.3. The van der Waals surface area contributed by atoms with E-state index in [-0.39, 0.29) is 18.5 Å². The van der Waals surface area contributed by atoms with Gasteiger partial charge in [-0.15, -0.1) is 0 Å². The highest BCUT2D eigenvalue weighted by atomic mass is 19.2. The first kappa shape index (κ1) is 14.8. The van der Waals surface area contributed by atoms with Gasteiger partial charge in [-0.3, -0.25) is 4.79 Å². The molecule has 1 N–H and O–H groups in total. The minimum atomic E-state index is -1.44. The van der Waals surface area contributed by atoms with Crippen molar-refractivity contribution in [2.24, 2.45) is 0 Å². The smallest absolute Gasteiger partial charge is 0.219 e. The standard InChI is InChI=1S/C14H17F3N2O/c1-9(20)19-4-2-11(3-5-19)18-8-10-6-12(15)14(17)13(16)7-10/h6-7,11,18H,2-5,8H2,1H3. The molecule has 2 rings (SSSR count). The van der Waals surface area contributed by atoms with Crippen LogP contribution in [0.3, 0.4) is 0 Å². The van der Waals surface area contributed by atoms with Crippen LogP contribution in [0.2, 0.25) is 0 Å². The van der Waals surface area contributed by atoms with Crippen molar-refractivity contribution in [3.05, 3.63) is 35.1 Å². The highest BCUT2D eigenvalue weighted by Gasteiger charge is 2.20. The number of hydrogen-bond donors (Lipinski definition) is 1. The van der Waals surface area contributed by atoms with Crippen molar-refractivity contribution in [1.29, 1.82) is 0 Å². The summed E-state index contributed by atoms with van der Waals surface area (Å²) in [5, 5.41) is 3.18. The summed E-state index contributed by atoms with van der Waals surface area (Å²) < 4.78 is 38.9. The number of benzene rings is 1. The molecule has 3 nitrogen and oxygen atoms in total. The Kier molecular flexibility index (Phi) is 4.65. The quantitative estimate of drug-likeness (QED) is 0.864. The monoisotopic (exact) mass is 286 g/mol. The van der Waals surface area contributed by atoms with Crippen molar-refractivity contribution in [2.75, 3.05) is 13.1 Å². The third-order valence-corrected chi connectivity index (χ3v) is 3.58. The van der Waals surface area contributed by atoms with Gasteiger partial charge in [0.15, 0.2) is 17.5 Å². The Hall–Kier alpha value is -1.56. The predicted molar refractivity (Wildman–Crippen MR) is 68.4 cm³/mol. The molecule has 0 radical (unpaired) electrons. The molecule has 1 aromatic rings. The van der Waals surface area contributed by atoms with Crippen LogP contribution in [-0.4, -0.2) is 29.9 Å². The van der Waals surface area contributed by atoms with Crippen LogP contribution in [0.25, 0.3) is 0 Å². The van der Waals surface area contributed by atoms with Crippen LogP contribution in [-0.2, 0) is 11.3 Å². The van der Waals surface area contributed by atoms with E-state index < -0.39 is 17.5 Å². The molecule has 0 aromatic heterocycles. The highest BCUT2D eigenvalue weighted by Crippen LogP contribution is 2.15. The lowest BCUT2D eigenvalue weighted by molar-refractivity contribution is -0.129. The summed E-state index contributed by atoms with van der Waals surface area (Å²) >= 11 is 0. The van der Waals surface area contributed by atoms with Crippen LogP contribution in [0.5, 0.6) is 0 Å². The van der Waals surface area contributed by atoms with Crippen molar-refractivity contribution >= 4 is 5.91 Å². The summed E-state index contributed by atoms with van der Waals surface area (Å²) in [6, 6.07) is 2.19. The lowest BCUT2D eigenvalue weighted by Gasteiger charge is -2.31. The van der Waals surface area contributed by atoms with Crippen LogP contribution in [0, 0.1) is 17.5 Å². The van der Waals surface area contributed by atoms with Gasteiger partial charge in [0.05, 0.1) is 0 Å². The fourth-order valence-corrected chi connectivity index (χ4v) is 2.37. The number of amides is 1. The van der Waals surface area contributed by atoms with Crippen molar-refractivity contribution in [2.45, 2.75) is 32.4 Å². The Bertz CT molecular complexity index is 476. The topological polar surface area (TPSA) is 32.3 Å². The summed E-state index contributed by atoms with van der Waals surface area (Å²) in [6.07, 6.45) is 1.59. The van der Waals surface area contributed by atoms with Crippen LogP contribution < -0.4 is 5.32 Å². The maximum atomic E-state index is 13.1. The SMILES string of the molecule is CC(=O)N1CCC(NCc2cc(F)c(F)c(F)c2)CC1. The van der Waals surface area contributed by atoms with Crippen LogP contribution in [0.4, 0.5) is 13.2 Å². The molecule has 110 valence electrons. The first-order valence-electron chi connectivity index (χ1n) is 6.59. The van der Waals surface area contributed by atoms with Crippen LogP contribution in [0.15, 0.2) is 12.1 Å². The van der Waals surface area contributed by atoms with Crippen molar-refractivity contribution in [3.8, 4) is 0 Å². The zero-order chi connectivity index (χ0) is 14.7. The lowest BCUT2D eigenvalue weighted by Crippen LogP contribution is -2.43. The second-order valence-corrected chi connectivity index (χ2v) is 5.03. The molecule has 0 spiro atoms. The Morgan fingerprint density at radius 1 is 1.25 bits per heavy atom. The molecule has 6 heteroatoms. The highest BCUT2D eigenvalue weighted by molar-refractivity contribution is 5.73. The fraction of sp³-hybridized carbons (Fsp3) is 0.500. The number of carbonyl (C=O) groups excluding carboxylic acids is 1. The van der Waals surface area contributed by atoms with E-state index >= 15 is 0 Å². The van der Waals surface area contributed by atoms with Gasteiger partial charge in [0.2, 0.25) is 5.91 Å². The normalized spacial score (nSPS) is 16.5. The molecule has 0 aliphatic carbocycles. The van der Waals surface area contributed by atoms with Gasteiger partial charge in [-0.2, -0.15) is 0 Å². The van der Waals surface area contributed by atoms with Gasteiger partial charge in [0.1, 0.15) is 0 Å². The number of carbonyl (C=O) groups is 1. The molecule has 1 heterocycles. The van der Waals surface area contributed by atoms with E-state index in [1.807, 2.05) is 0 Å². The van der Waals surface area contributed by atoms with Crippen molar-refractivity contribution in [1.82, 2.24) is 10.2 Å². The Morgan fingerprint density at radius 3 is 2.30 bits per heavy atom. The number of rotatable bonds is 3. The predicted octanol–water partition coefficient (Wildman–Crippen LogP) is 2.20. The molecular formula is C14H17F3N2O. The summed E-state index contributed by atoms with van der Waals surface area (Å²) in [4.78, 5) is 13.0. The average molecular weight is 286 g/mol. The Balaban J connectivity index is 1.86. The van der Waals surface area contributed by atoms with Crippen molar-refractivity contribution in [3.63, 3.8) is 0 Å². The number of hydrogen-bond acceptors (Lipinski definition) is 2. The maximum Gasteiger partial charge on any atom is 0.219 e. The Morgan fingerprint density at radius 2 is 1.80 bits per heavy atom. The van der Waals surface area contributed by atoms with E-state index in [2.05, 4.69) is 5.32 Å². The first-order chi connectivity index (χ1) is 9.47. The van der Waals surface area contributed by atoms with Crippen LogP contribution in [0.1, 0.15) is 25.3 Å². The molecule has 20 heavy (non-hydrogen) atoms. The second-order valence-electron chi connectivity index (χ2n) is 5.03. The van der Waals surface area contributed by atoms with Gasteiger partial charge in [0.25, 0.3) is 0 Å². The number of likely N-dealkylation sites (tertiary alicyclic amines) is 1. The van der Waals surface area contributed by atoms with E-state index in [1.165, 1.54) is 6.92 Å². The molecule has 1 aromatic carbocycles. The Labute approximate surface area is 115 Å². The molecule has 1 amide bonds. The van der Waals surface area contributed by atoms with Gasteiger partial charge in [-0.1, -0.05) is 0 Å². The molecule has 0 bridgehead atoms. The van der Waals surface area contributed by atoms with Gasteiger partial charge in [-0.05, 0) is 30.5 Å². The molecule has 0 atom stereocenters. The van der Waals surface area contributed by atoms with Gasteiger partial charge < -0.3 is 10.2 Å². The zero-order valence-corrected chi connectivity index (χ0v) is 11.3. The van der Waals surface area contributed by atoms with Gasteiger partial charge in [0, 0.05) is 32.6 Å². The van der Waals surface area contributed by atoms with E-state index in [0.717, 1.165) is 25.0 Å².